The van der Waals surface area contributed by atoms with E-state index in [1.165, 1.54) is 25.7 Å². The van der Waals surface area contributed by atoms with Gasteiger partial charge in [0.05, 0.1) is 17.1 Å². The molecule has 0 heterocycles. The summed E-state index contributed by atoms with van der Waals surface area (Å²) >= 11 is 0. The van der Waals surface area contributed by atoms with E-state index in [1.807, 2.05) is 0 Å². The zero-order valence-corrected chi connectivity index (χ0v) is 14.0. The summed E-state index contributed by atoms with van der Waals surface area (Å²) in [6.07, 6.45) is 13.1. The number of hydrogen-bond donors (Lipinski definition) is 1. The van der Waals surface area contributed by atoms with Crippen LogP contribution in [0.15, 0.2) is 0 Å². The molecule has 0 radical (unpaired) electrons. The average molecular weight is 291 g/mol. The second-order valence-electron chi connectivity index (χ2n) is 7.69. The highest BCUT2D eigenvalue weighted by Gasteiger charge is 2.53. The van der Waals surface area contributed by atoms with Crippen molar-refractivity contribution >= 4 is 0 Å². The lowest BCUT2D eigenvalue weighted by atomic mass is 9.57. The summed E-state index contributed by atoms with van der Waals surface area (Å²) in [7, 11) is 0. The molecular formula is C19H33NO. The largest absolute Gasteiger partial charge is 0.388 e. The lowest BCUT2D eigenvalue weighted by Gasteiger charge is -2.49. The van der Waals surface area contributed by atoms with Gasteiger partial charge in [0, 0.05) is 0 Å². The van der Waals surface area contributed by atoms with Gasteiger partial charge in [0.25, 0.3) is 0 Å². The highest BCUT2D eigenvalue weighted by Crippen LogP contribution is 2.53. The van der Waals surface area contributed by atoms with Crippen LogP contribution < -0.4 is 0 Å². The summed E-state index contributed by atoms with van der Waals surface area (Å²) in [5.41, 5.74) is -1.16. The third-order valence-electron chi connectivity index (χ3n) is 6.39. The van der Waals surface area contributed by atoms with Gasteiger partial charge in [-0.15, -0.1) is 0 Å². The SMILES string of the molecule is CCCC1CCC(O)(C2(C#N)CCC(CCC)CC2)CC1. The molecule has 2 aliphatic rings. The Kier molecular flexibility index (Phi) is 5.72. The topological polar surface area (TPSA) is 44.0 Å². The maximum atomic E-state index is 11.2. The molecule has 2 saturated carbocycles. The first-order valence-corrected chi connectivity index (χ1v) is 9.23. The highest BCUT2D eigenvalue weighted by molar-refractivity contribution is 5.14. The van der Waals surface area contributed by atoms with Gasteiger partial charge in [-0.25, -0.2) is 0 Å². The first-order chi connectivity index (χ1) is 10.1. The molecule has 0 aromatic heterocycles. The van der Waals surface area contributed by atoms with E-state index in [-0.39, 0.29) is 0 Å². The Hall–Kier alpha value is -0.550. The van der Waals surface area contributed by atoms with Crippen molar-refractivity contribution < 1.29 is 5.11 Å². The average Bonchev–Trinajstić information content (AvgIpc) is 2.51. The summed E-state index contributed by atoms with van der Waals surface area (Å²) in [6.45, 7) is 4.49. The predicted octanol–water partition coefficient (Wildman–Crippen LogP) is 5.21. The van der Waals surface area contributed by atoms with Crippen LogP contribution in [0.4, 0.5) is 0 Å². The van der Waals surface area contributed by atoms with Crippen LogP contribution in [0.3, 0.4) is 0 Å². The predicted molar refractivity (Wildman–Crippen MR) is 86.7 cm³/mol. The smallest absolute Gasteiger partial charge is 0.0860 e. The second kappa shape index (κ2) is 7.14. The molecule has 0 unspecified atom stereocenters. The molecule has 0 amide bonds. The van der Waals surface area contributed by atoms with Crippen LogP contribution in [0, 0.1) is 28.6 Å². The number of hydrogen-bond acceptors (Lipinski definition) is 2. The molecule has 0 aromatic carbocycles. The summed E-state index contributed by atoms with van der Waals surface area (Å²) in [5, 5.41) is 21.1. The van der Waals surface area contributed by atoms with Gasteiger partial charge in [0.15, 0.2) is 0 Å². The van der Waals surface area contributed by atoms with Crippen molar-refractivity contribution in [3.8, 4) is 6.07 Å². The van der Waals surface area contributed by atoms with E-state index in [0.29, 0.717) is 0 Å². The standard InChI is InChI=1S/C19H33NO/c1-3-5-16-7-11-18(15-20,12-8-16)19(21)13-9-17(6-4-2)10-14-19/h16-17,21H,3-14H2,1-2H3. The van der Waals surface area contributed by atoms with Crippen molar-refractivity contribution in [2.24, 2.45) is 17.3 Å². The van der Waals surface area contributed by atoms with Crippen LogP contribution in [-0.4, -0.2) is 10.7 Å². The molecule has 0 aliphatic heterocycles. The second-order valence-corrected chi connectivity index (χ2v) is 7.69. The Bertz CT molecular complexity index is 354. The molecule has 2 fully saturated rings. The first-order valence-electron chi connectivity index (χ1n) is 9.23. The van der Waals surface area contributed by atoms with Crippen molar-refractivity contribution in [1.82, 2.24) is 0 Å². The molecule has 0 aromatic rings. The molecule has 2 rings (SSSR count). The van der Waals surface area contributed by atoms with Crippen LogP contribution in [0.1, 0.15) is 90.9 Å². The number of nitrogens with zero attached hydrogens (tertiary/aromatic N) is 1. The van der Waals surface area contributed by atoms with Gasteiger partial charge in [-0.1, -0.05) is 39.5 Å². The van der Waals surface area contributed by atoms with Crippen LogP contribution >= 0.6 is 0 Å². The van der Waals surface area contributed by atoms with E-state index in [0.717, 1.165) is 63.2 Å². The molecule has 2 heteroatoms. The van der Waals surface area contributed by atoms with Gasteiger partial charge < -0.3 is 5.11 Å². The fourth-order valence-corrected chi connectivity index (χ4v) is 4.88. The van der Waals surface area contributed by atoms with E-state index in [1.54, 1.807) is 0 Å². The fraction of sp³-hybridized carbons (Fsp3) is 0.947. The van der Waals surface area contributed by atoms with Crippen molar-refractivity contribution in [3.63, 3.8) is 0 Å². The third kappa shape index (κ3) is 3.45. The Morgan fingerprint density at radius 3 is 1.71 bits per heavy atom. The molecule has 0 bridgehead atoms. The quantitative estimate of drug-likeness (QED) is 0.755. The van der Waals surface area contributed by atoms with E-state index in [2.05, 4.69) is 19.9 Å². The van der Waals surface area contributed by atoms with Crippen molar-refractivity contribution in [3.05, 3.63) is 0 Å². The van der Waals surface area contributed by atoms with Gasteiger partial charge in [0.2, 0.25) is 0 Å². The Morgan fingerprint density at radius 1 is 0.905 bits per heavy atom. The van der Waals surface area contributed by atoms with E-state index in [4.69, 9.17) is 0 Å². The zero-order chi connectivity index (χ0) is 15.3. The zero-order valence-electron chi connectivity index (χ0n) is 14.0. The molecule has 1 N–H and O–H groups in total. The van der Waals surface area contributed by atoms with E-state index in [9.17, 15) is 10.4 Å². The van der Waals surface area contributed by atoms with Crippen molar-refractivity contribution in [1.29, 1.82) is 5.26 Å². The highest BCUT2D eigenvalue weighted by atomic mass is 16.3. The fourth-order valence-electron chi connectivity index (χ4n) is 4.88. The summed E-state index contributed by atoms with van der Waals surface area (Å²) in [6, 6.07) is 2.59. The van der Waals surface area contributed by atoms with E-state index < -0.39 is 11.0 Å². The summed E-state index contributed by atoms with van der Waals surface area (Å²) in [5.74, 6) is 1.57. The lowest BCUT2D eigenvalue weighted by molar-refractivity contribution is -0.110. The molecule has 0 saturated heterocycles. The minimum atomic E-state index is -0.705. The first kappa shape index (κ1) is 16.8. The molecular weight excluding hydrogens is 258 g/mol. The molecule has 0 spiro atoms. The van der Waals surface area contributed by atoms with Crippen LogP contribution in [0.25, 0.3) is 0 Å². The van der Waals surface area contributed by atoms with Gasteiger partial charge in [0.1, 0.15) is 0 Å². The number of nitriles is 1. The molecule has 2 nitrogen and oxygen atoms in total. The Morgan fingerprint density at radius 2 is 1.33 bits per heavy atom. The molecule has 0 atom stereocenters. The van der Waals surface area contributed by atoms with Crippen LogP contribution in [0.2, 0.25) is 0 Å². The van der Waals surface area contributed by atoms with E-state index >= 15 is 0 Å². The molecule has 21 heavy (non-hydrogen) atoms. The van der Waals surface area contributed by atoms with Gasteiger partial charge >= 0.3 is 0 Å². The van der Waals surface area contributed by atoms with Gasteiger partial charge in [-0.05, 0) is 63.2 Å². The number of rotatable bonds is 5. The van der Waals surface area contributed by atoms with Crippen LogP contribution in [-0.2, 0) is 0 Å². The van der Waals surface area contributed by atoms with Crippen molar-refractivity contribution in [2.45, 2.75) is 96.5 Å². The Balaban J connectivity index is 2.00. The minimum Gasteiger partial charge on any atom is -0.388 e. The van der Waals surface area contributed by atoms with Crippen LogP contribution in [0.5, 0.6) is 0 Å². The molecule has 2 aliphatic carbocycles. The maximum Gasteiger partial charge on any atom is 0.0860 e. The lowest BCUT2D eigenvalue weighted by Crippen LogP contribution is -2.51. The maximum absolute atomic E-state index is 11.2. The minimum absolute atomic E-state index is 0.450. The summed E-state index contributed by atoms with van der Waals surface area (Å²) < 4.78 is 0. The normalized spacial score (nSPS) is 40.7. The van der Waals surface area contributed by atoms with Gasteiger partial charge in [-0.3, -0.25) is 0 Å². The number of aliphatic hydroxyl groups is 1. The summed E-state index contributed by atoms with van der Waals surface area (Å²) in [4.78, 5) is 0. The third-order valence-corrected chi connectivity index (χ3v) is 6.39. The molecule has 120 valence electrons. The Labute approximate surface area is 130 Å². The monoisotopic (exact) mass is 291 g/mol. The van der Waals surface area contributed by atoms with Gasteiger partial charge in [-0.2, -0.15) is 5.26 Å². The van der Waals surface area contributed by atoms with Crippen molar-refractivity contribution in [2.75, 3.05) is 0 Å².